The summed E-state index contributed by atoms with van der Waals surface area (Å²) in [6.07, 6.45) is 16.6. The number of carbonyl (C=O) groups is 3. The Kier molecular flexibility index (Phi) is 9.73. The van der Waals surface area contributed by atoms with Crippen LogP contribution < -0.4 is 11.1 Å². The summed E-state index contributed by atoms with van der Waals surface area (Å²) in [4.78, 5) is 42.7. The van der Waals surface area contributed by atoms with Crippen molar-refractivity contribution in [2.75, 3.05) is 18.8 Å². The van der Waals surface area contributed by atoms with Gasteiger partial charge in [0, 0.05) is 66.8 Å². The van der Waals surface area contributed by atoms with Crippen LogP contribution in [0.15, 0.2) is 23.3 Å². The lowest BCUT2D eigenvalue weighted by atomic mass is 9.56. The van der Waals surface area contributed by atoms with Crippen molar-refractivity contribution in [1.29, 1.82) is 0 Å². The van der Waals surface area contributed by atoms with E-state index in [0.29, 0.717) is 49.8 Å². The first-order valence-corrected chi connectivity index (χ1v) is 21.9. The second kappa shape index (κ2) is 13.7. The van der Waals surface area contributed by atoms with Gasteiger partial charge in [0.2, 0.25) is 5.91 Å². The molecule has 2 spiro atoms. The molecule has 0 radical (unpaired) electrons. The number of allylic oxidation sites excluding steroid dienone is 1. The minimum Gasteiger partial charge on any atom is -0.462 e. The summed E-state index contributed by atoms with van der Waals surface area (Å²) in [7, 11) is 4.04. The van der Waals surface area contributed by atoms with E-state index < -0.39 is 11.2 Å². The summed E-state index contributed by atoms with van der Waals surface area (Å²) in [5, 5.41) is 3.55. The average molecular weight is 728 g/mol. The highest BCUT2D eigenvalue weighted by Crippen LogP contribution is 2.63. The molecule has 5 aliphatic heterocycles. The van der Waals surface area contributed by atoms with E-state index in [4.69, 9.17) is 19.9 Å². The number of nitrogens with two attached hydrogens (primary N) is 1. The molecule has 0 aromatic carbocycles. The molecule has 11 atom stereocenters. The predicted octanol–water partition coefficient (Wildman–Crippen LogP) is 6.06. The van der Waals surface area contributed by atoms with Gasteiger partial charge in [0.15, 0.2) is 0 Å². The van der Waals surface area contributed by atoms with E-state index in [-0.39, 0.29) is 64.6 Å². The maximum absolute atomic E-state index is 14.4. The van der Waals surface area contributed by atoms with Crippen molar-refractivity contribution >= 4 is 39.4 Å². The van der Waals surface area contributed by atoms with Crippen LogP contribution in [0.3, 0.4) is 0 Å². The van der Waals surface area contributed by atoms with Gasteiger partial charge < -0.3 is 30.2 Å². The van der Waals surface area contributed by atoms with Gasteiger partial charge in [-0.15, -0.1) is 0 Å². The molecule has 8 aliphatic rings. The topological polar surface area (TPSA) is 120 Å². The molecule has 2 saturated carbocycles. The van der Waals surface area contributed by atoms with Gasteiger partial charge in [0.25, 0.3) is 0 Å². The van der Waals surface area contributed by atoms with Crippen molar-refractivity contribution in [3.63, 3.8) is 0 Å². The van der Waals surface area contributed by atoms with Crippen LogP contribution in [-0.4, -0.2) is 82.0 Å². The molecule has 0 aromatic rings. The van der Waals surface area contributed by atoms with E-state index in [1.165, 1.54) is 37.7 Å². The number of carbonyl (C=O) groups excluding carboxylic acids is 3. The number of hydrogen-bond donors (Lipinski definition) is 2. The number of piperidine rings is 1. The Hall–Kier alpha value is -1.53. The van der Waals surface area contributed by atoms with Crippen LogP contribution in [0.2, 0.25) is 0 Å². The Morgan fingerprint density at radius 1 is 1.10 bits per heavy atom. The number of nitrogens with zero attached hydrogens (tertiary/aromatic N) is 1. The number of ether oxygens (including phenoxy) is 3. The van der Waals surface area contributed by atoms with Crippen molar-refractivity contribution in [1.82, 2.24) is 10.2 Å². The fourth-order valence-corrected chi connectivity index (χ4v) is 15.2. The summed E-state index contributed by atoms with van der Waals surface area (Å²) in [6.45, 7) is 7.34. The second-order valence-electron chi connectivity index (χ2n) is 17.1. The first-order valence-electron chi connectivity index (χ1n) is 19.6. The van der Waals surface area contributed by atoms with Gasteiger partial charge in [-0.1, -0.05) is 58.6 Å². The molecule has 0 bridgehead atoms. The maximum Gasteiger partial charge on any atom is 0.334 e. The molecule has 3 N–H and O–H groups in total. The van der Waals surface area contributed by atoms with E-state index in [1.807, 2.05) is 30.7 Å². The largest absolute Gasteiger partial charge is 0.462 e. The summed E-state index contributed by atoms with van der Waals surface area (Å²) in [5.41, 5.74) is 6.99. The Bertz CT molecular complexity index is 1430. The van der Waals surface area contributed by atoms with E-state index >= 15 is 0 Å². The highest BCUT2D eigenvalue weighted by Gasteiger charge is 2.68. The number of fused-ring (bicyclic) bond motifs is 8. The van der Waals surface area contributed by atoms with Crippen LogP contribution in [0.25, 0.3) is 0 Å². The summed E-state index contributed by atoms with van der Waals surface area (Å²) in [6, 6.07) is 0.323. The Labute approximate surface area is 305 Å². The highest BCUT2D eigenvalue weighted by molar-refractivity contribution is 8.77. The van der Waals surface area contributed by atoms with Crippen molar-refractivity contribution in [3.05, 3.63) is 23.3 Å². The first-order chi connectivity index (χ1) is 24.0. The standard InChI is InChI=1S/C39H57N3O6S2/c1-4-23(2)36(45)48-37(3)14-10-25-22-49-50-38(12-6-5-7-13-38)31-11-15-42(31)33(43)17-27-21-41-32(40)18-28(27)35(25)39(37)20-26-16-24-8-9-34(44)46-29(24)19-30(26)47-39/h4,10,24,26-32,35,41H,5-9,11-22,40H2,1-3H3. The monoisotopic (exact) mass is 727 g/mol. The zero-order valence-electron chi connectivity index (χ0n) is 30.2. The second-order valence-corrected chi connectivity index (χ2v) is 19.8. The van der Waals surface area contributed by atoms with Crippen molar-refractivity contribution in [2.45, 2.75) is 151 Å². The Morgan fingerprint density at radius 2 is 1.92 bits per heavy atom. The minimum absolute atomic E-state index is 0.0666. The SMILES string of the molecule is CC=C(C)C(=O)OC1(C)CC=C2CSSC3(CCCCC3)C3CCN3C(=O)CC3CNC(N)CC3C2C12CC1CC3CCC(=O)OC3CC1O2. The van der Waals surface area contributed by atoms with Crippen LogP contribution in [0.4, 0.5) is 0 Å². The first kappa shape index (κ1) is 35.5. The van der Waals surface area contributed by atoms with E-state index in [9.17, 15) is 14.4 Å². The number of hydrogen-bond acceptors (Lipinski definition) is 10. The molecule has 8 rings (SSSR count). The van der Waals surface area contributed by atoms with E-state index in [1.54, 1.807) is 0 Å². The molecule has 276 valence electrons. The molecule has 5 saturated heterocycles. The average Bonchev–Trinajstić information content (AvgIpc) is 3.44. The molecule has 5 heterocycles. The summed E-state index contributed by atoms with van der Waals surface area (Å²) in [5.74, 6) is 1.46. The Balaban J connectivity index is 1.21. The van der Waals surface area contributed by atoms with Crippen LogP contribution in [0, 0.1) is 29.6 Å². The zero-order valence-corrected chi connectivity index (χ0v) is 31.8. The van der Waals surface area contributed by atoms with Gasteiger partial charge >= 0.3 is 11.9 Å². The molecular weight excluding hydrogens is 671 g/mol. The van der Waals surface area contributed by atoms with Gasteiger partial charge in [0.05, 0.1) is 12.3 Å². The van der Waals surface area contributed by atoms with Crippen molar-refractivity contribution in [2.24, 2.45) is 35.3 Å². The van der Waals surface area contributed by atoms with Crippen LogP contribution in [0.1, 0.15) is 111 Å². The van der Waals surface area contributed by atoms with Crippen LogP contribution in [-0.2, 0) is 28.6 Å². The Morgan fingerprint density at radius 3 is 2.68 bits per heavy atom. The smallest absolute Gasteiger partial charge is 0.334 e. The molecule has 7 fully saturated rings. The summed E-state index contributed by atoms with van der Waals surface area (Å²) >= 11 is 0. The minimum atomic E-state index is -0.923. The maximum atomic E-state index is 14.4. The molecular formula is C39H57N3O6S2. The number of nitrogens with one attached hydrogen (secondary N) is 1. The lowest BCUT2D eigenvalue weighted by Crippen LogP contribution is -2.66. The van der Waals surface area contributed by atoms with Gasteiger partial charge in [-0.05, 0) is 89.4 Å². The molecule has 11 heteroatoms. The quantitative estimate of drug-likeness (QED) is 0.150. The van der Waals surface area contributed by atoms with E-state index in [0.717, 1.165) is 44.4 Å². The van der Waals surface area contributed by atoms with Gasteiger partial charge in [-0.3, -0.25) is 9.59 Å². The van der Waals surface area contributed by atoms with Gasteiger partial charge in [-0.2, -0.15) is 0 Å². The molecule has 0 aromatic heterocycles. The van der Waals surface area contributed by atoms with Crippen molar-refractivity contribution < 1.29 is 28.6 Å². The normalized spacial score (nSPS) is 44.6. The third-order valence-electron chi connectivity index (χ3n) is 14.4. The highest BCUT2D eigenvalue weighted by atomic mass is 33.1. The predicted molar refractivity (Wildman–Crippen MR) is 196 cm³/mol. The summed E-state index contributed by atoms with van der Waals surface area (Å²) < 4.78 is 20.3. The molecule has 3 aliphatic carbocycles. The van der Waals surface area contributed by atoms with Crippen LogP contribution in [0.5, 0.6) is 0 Å². The van der Waals surface area contributed by atoms with Crippen molar-refractivity contribution in [3.8, 4) is 0 Å². The fraction of sp³-hybridized carbons (Fsp3) is 0.821. The molecule has 9 nitrogen and oxygen atoms in total. The van der Waals surface area contributed by atoms with Crippen LogP contribution >= 0.6 is 21.6 Å². The third kappa shape index (κ3) is 6.01. The molecule has 11 unspecified atom stereocenters. The van der Waals surface area contributed by atoms with Gasteiger partial charge in [0.1, 0.15) is 17.3 Å². The molecule has 50 heavy (non-hydrogen) atoms. The third-order valence-corrected chi connectivity index (χ3v) is 17.7. The van der Waals surface area contributed by atoms with Gasteiger partial charge in [-0.25, -0.2) is 4.79 Å². The number of esters is 2. The number of rotatable bonds is 2. The fourth-order valence-electron chi connectivity index (χ4n) is 11.5. The number of amides is 1. The van der Waals surface area contributed by atoms with E-state index in [2.05, 4.69) is 34.0 Å². The molecule has 1 amide bonds. The lowest BCUT2D eigenvalue weighted by Gasteiger charge is -2.58. The zero-order chi connectivity index (χ0) is 34.8. The lowest BCUT2D eigenvalue weighted by molar-refractivity contribution is -0.229.